The van der Waals surface area contributed by atoms with Crippen molar-refractivity contribution >= 4 is 16.4 Å². The number of hydrogen-bond donors (Lipinski definition) is 4. The van der Waals surface area contributed by atoms with Gasteiger partial charge in [0, 0.05) is 13.0 Å². The summed E-state index contributed by atoms with van der Waals surface area (Å²) < 4.78 is 59.1. The highest BCUT2D eigenvalue weighted by atomic mass is 32.3. The molecule has 0 aromatic carbocycles. The number of rotatable bonds is 44. The first-order valence-corrected chi connectivity index (χ1v) is 26.6. The zero-order chi connectivity index (χ0) is 46.1. The second-order valence-electron chi connectivity index (χ2n) is 17.4. The minimum Gasteiger partial charge on any atom is -0.457 e. The molecule has 6 atom stereocenters. The summed E-state index contributed by atoms with van der Waals surface area (Å²) in [5.41, 5.74) is 0. The van der Waals surface area contributed by atoms with Gasteiger partial charge in [-0.1, -0.05) is 198 Å². The third-order valence-electron chi connectivity index (χ3n) is 11.5. The van der Waals surface area contributed by atoms with Crippen LogP contribution < -0.4 is 0 Å². The predicted octanol–water partition coefficient (Wildman–Crippen LogP) is 11.4. The first-order valence-electron chi connectivity index (χ1n) is 25.2. The van der Waals surface area contributed by atoms with Gasteiger partial charge in [0.2, 0.25) is 0 Å². The SMILES string of the molecule is CC/C=C\C/C=C\C/C=C\CCCCCC(=O)OC(COCCCCCCCCCCCCCCCCCCCCCCCCC)COC1OC(CO)C(O)C(OS(=O)(=O)O)C1O. The molecule has 1 aliphatic rings. The Balaban J connectivity index is 2.32. The topological polar surface area (TPSA) is 178 Å². The average Bonchev–Trinajstić information content (AvgIpc) is 3.26. The van der Waals surface area contributed by atoms with E-state index in [0.29, 0.717) is 13.0 Å². The first-order chi connectivity index (χ1) is 30.6. The molecule has 0 spiro atoms. The van der Waals surface area contributed by atoms with Gasteiger partial charge in [0.05, 0.1) is 19.8 Å². The normalized spacial score (nSPS) is 20.1. The number of hydrogen-bond acceptors (Lipinski definition) is 11. The standard InChI is InChI=1S/C50H92O12S/c1-3-5-7-9-11-13-15-17-18-19-20-21-22-23-24-25-26-28-30-32-34-36-38-40-58-42-44(43-59-50-48(54)49(62-63(55,56)57)47(53)45(41-51)61-50)60-46(52)39-37-35-33-31-29-27-16-14-12-10-8-6-4-2/h6,8,12,14,27,29,44-45,47-51,53-54H,3-5,7,9-11,13,15-26,28,30-43H2,1-2H3,(H,55,56,57)/b8-6-,14-12-,29-27-. The molecule has 0 radical (unpaired) electrons. The van der Waals surface area contributed by atoms with Crippen molar-refractivity contribution in [3.05, 3.63) is 36.5 Å². The Hall–Kier alpha value is -1.68. The lowest BCUT2D eigenvalue weighted by Crippen LogP contribution is -2.60. The van der Waals surface area contributed by atoms with E-state index >= 15 is 0 Å². The van der Waals surface area contributed by atoms with Crippen LogP contribution in [-0.4, -0.2) is 97.5 Å². The van der Waals surface area contributed by atoms with Crippen molar-refractivity contribution in [3.8, 4) is 0 Å². The number of esters is 1. The zero-order valence-electron chi connectivity index (χ0n) is 39.6. The number of aliphatic hydroxyl groups is 3. The summed E-state index contributed by atoms with van der Waals surface area (Å²) in [5, 5.41) is 30.7. The lowest BCUT2D eigenvalue weighted by molar-refractivity contribution is -0.301. The monoisotopic (exact) mass is 917 g/mol. The van der Waals surface area contributed by atoms with Crippen molar-refractivity contribution in [2.75, 3.05) is 26.4 Å². The summed E-state index contributed by atoms with van der Waals surface area (Å²) in [4.78, 5) is 12.8. The van der Waals surface area contributed by atoms with Gasteiger partial charge in [0.1, 0.15) is 30.5 Å². The van der Waals surface area contributed by atoms with Crippen LogP contribution in [0.5, 0.6) is 0 Å². The van der Waals surface area contributed by atoms with Crippen LogP contribution in [0.3, 0.4) is 0 Å². The van der Waals surface area contributed by atoms with Crippen molar-refractivity contribution in [2.24, 2.45) is 0 Å². The molecule has 1 rings (SSSR count). The molecule has 0 saturated carbocycles. The van der Waals surface area contributed by atoms with Gasteiger partial charge < -0.3 is 34.3 Å². The maximum atomic E-state index is 12.8. The van der Waals surface area contributed by atoms with Crippen molar-refractivity contribution in [1.82, 2.24) is 0 Å². The molecular formula is C50H92O12S. The van der Waals surface area contributed by atoms with Crippen LogP contribution in [0, 0.1) is 0 Å². The van der Waals surface area contributed by atoms with Gasteiger partial charge in [0.25, 0.3) is 0 Å². The fourth-order valence-electron chi connectivity index (χ4n) is 7.75. The Morgan fingerprint density at radius 3 is 1.59 bits per heavy atom. The Morgan fingerprint density at radius 2 is 1.10 bits per heavy atom. The number of unbranched alkanes of at least 4 members (excludes halogenated alkanes) is 25. The number of ether oxygens (including phenoxy) is 4. The zero-order valence-corrected chi connectivity index (χ0v) is 40.5. The van der Waals surface area contributed by atoms with Gasteiger partial charge in [0.15, 0.2) is 6.29 Å². The Morgan fingerprint density at radius 1 is 0.619 bits per heavy atom. The molecule has 13 heteroatoms. The molecule has 1 saturated heterocycles. The summed E-state index contributed by atoms with van der Waals surface area (Å²) in [5.74, 6) is -0.425. The molecule has 0 aromatic rings. The lowest BCUT2D eigenvalue weighted by Gasteiger charge is -2.41. The summed E-state index contributed by atoms with van der Waals surface area (Å²) in [6, 6.07) is 0. The average molecular weight is 917 g/mol. The molecular weight excluding hydrogens is 825 g/mol. The van der Waals surface area contributed by atoms with Crippen molar-refractivity contribution in [3.63, 3.8) is 0 Å². The quantitative estimate of drug-likeness (QED) is 0.0197. The molecule has 0 bridgehead atoms. The molecule has 1 fully saturated rings. The second-order valence-corrected chi connectivity index (χ2v) is 18.4. The summed E-state index contributed by atoms with van der Waals surface area (Å²) in [6.45, 7) is 3.87. The van der Waals surface area contributed by atoms with Gasteiger partial charge in [-0.2, -0.15) is 8.42 Å². The van der Waals surface area contributed by atoms with Crippen LogP contribution in [0.15, 0.2) is 36.5 Å². The van der Waals surface area contributed by atoms with Gasteiger partial charge in [-0.05, 0) is 44.9 Å². The minimum absolute atomic E-state index is 0.0268. The van der Waals surface area contributed by atoms with Crippen molar-refractivity contribution in [1.29, 1.82) is 0 Å². The maximum absolute atomic E-state index is 12.8. The lowest BCUT2D eigenvalue weighted by atomic mass is 9.99. The van der Waals surface area contributed by atoms with E-state index < -0.39 is 59.8 Å². The third-order valence-corrected chi connectivity index (χ3v) is 12.0. The fraction of sp³-hybridized carbons (Fsp3) is 0.860. The van der Waals surface area contributed by atoms with Crippen LogP contribution in [0.4, 0.5) is 0 Å². The van der Waals surface area contributed by atoms with Gasteiger partial charge in [-0.3, -0.25) is 9.35 Å². The van der Waals surface area contributed by atoms with E-state index in [1.165, 1.54) is 128 Å². The predicted molar refractivity (Wildman–Crippen MR) is 253 cm³/mol. The summed E-state index contributed by atoms with van der Waals surface area (Å²) in [6.07, 6.45) is 40.5. The Bertz CT molecular complexity index is 1240. The number of allylic oxidation sites excluding steroid dienone is 6. The number of carbonyl (C=O) groups excluding carboxylic acids is 1. The summed E-state index contributed by atoms with van der Waals surface area (Å²) in [7, 11) is -5.07. The van der Waals surface area contributed by atoms with Gasteiger partial charge in [-0.15, -0.1) is 0 Å². The molecule has 0 amide bonds. The minimum atomic E-state index is -5.07. The molecule has 6 unspecified atom stereocenters. The van der Waals surface area contributed by atoms with E-state index in [-0.39, 0.29) is 19.6 Å². The molecule has 0 aromatic heterocycles. The van der Waals surface area contributed by atoms with E-state index in [0.717, 1.165) is 57.8 Å². The highest BCUT2D eigenvalue weighted by molar-refractivity contribution is 7.80. The van der Waals surface area contributed by atoms with E-state index in [4.69, 9.17) is 18.9 Å². The first kappa shape index (κ1) is 59.3. The van der Waals surface area contributed by atoms with Crippen LogP contribution in [-0.2, 0) is 38.3 Å². The van der Waals surface area contributed by atoms with E-state index in [9.17, 15) is 33.1 Å². The van der Waals surface area contributed by atoms with E-state index in [1.54, 1.807) is 0 Å². The van der Waals surface area contributed by atoms with E-state index in [1.807, 2.05) is 0 Å². The van der Waals surface area contributed by atoms with Crippen molar-refractivity contribution < 1.29 is 56.2 Å². The van der Waals surface area contributed by atoms with Crippen LogP contribution in [0.1, 0.15) is 213 Å². The maximum Gasteiger partial charge on any atom is 0.397 e. The molecule has 4 N–H and O–H groups in total. The second kappa shape index (κ2) is 41.7. The highest BCUT2D eigenvalue weighted by Gasteiger charge is 2.48. The van der Waals surface area contributed by atoms with Gasteiger partial charge >= 0.3 is 16.4 Å². The number of carbonyl (C=O) groups is 1. The van der Waals surface area contributed by atoms with Crippen molar-refractivity contribution in [2.45, 2.75) is 250 Å². The number of aliphatic hydroxyl groups excluding tert-OH is 3. The van der Waals surface area contributed by atoms with Gasteiger partial charge in [-0.25, -0.2) is 4.18 Å². The third kappa shape index (κ3) is 35.2. The smallest absolute Gasteiger partial charge is 0.397 e. The van der Waals surface area contributed by atoms with Crippen LogP contribution in [0.25, 0.3) is 0 Å². The molecule has 63 heavy (non-hydrogen) atoms. The Kier molecular flexibility index (Phi) is 39.3. The fourth-order valence-corrected chi connectivity index (χ4v) is 8.26. The molecule has 1 heterocycles. The van der Waals surface area contributed by atoms with E-state index in [2.05, 4.69) is 54.5 Å². The summed E-state index contributed by atoms with van der Waals surface area (Å²) >= 11 is 0. The molecule has 12 nitrogen and oxygen atoms in total. The Labute approximate surface area is 383 Å². The largest absolute Gasteiger partial charge is 0.457 e. The molecule has 370 valence electrons. The molecule has 0 aliphatic carbocycles. The van der Waals surface area contributed by atoms with Crippen LogP contribution in [0.2, 0.25) is 0 Å². The highest BCUT2D eigenvalue weighted by Crippen LogP contribution is 2.26. The molecule has 1 aliphatic heterocycles. The van der Waals surface area contributed by atoms with Crippen LogP contribution >= 0.6 is 0 Å².